The van der Waals surface area contributed by atoms with E-state index in [4.69, 9.17) is 0 Å². The van der Waals surface area contributed by atoms with Crippen LogP contribution in [0, 0.1) is 0 Å². The summed E-state index contributed by atoms with van der Waals surface area (Å²) in [7, 11) is 0. The van der Waals surface area contributed by atoms with Gasteiger partial charge in [-0.2, -0.15) is 0 Å². The molecule has 2 aromatic carbocycles. The Bertz CT molecular complexity index is 1130. The fourth-order valence-electron chi connectivity index (χ4n) is 3.69. The fourth-order valence-corrected chi connectivity index (χ4v) is 4.38. The van der Waals surface area contributed by atoms with Crippen LogP contribution in [-0.2, 0) is 0 Å². The van der Waals surface area contributed by atoms with Crippen LogP contribution in [-0.4, -0.2) is 47.2 Å². The zero-order valence-electron chi connectivity index (χ0n) is 15.9. The summed E-state index contributed by atoms with van der Waals surface area (Å²) in [6.07, 6.45) is 0. The van der Waals surface area contributed by atoms with Crippen molar-refractivity contribution in [2.45, 2.75) is 0 Å². The number of amides is 1. The maximum atomic E-state index is 12.9. The van der Waals surface area contributed by atoms with Crippen molar-refractivity contribution in [3.63, 3.8) is 0 Å². The van der Waals surface area contributed by atoms with Crippen molar-refractivity contribution in [1.82, 2.24) is 15.1 Å². The molecule has 1 saturated heterocycles. The minimum atomic E-state index is 0.0922. The number of anilines is 1. The first-order valence-corrected chi connectivity index (χ1v) is 10.6. The van der Waals surface area contributed by atoms with Crippen LogP contribution >= 0.6 is 11.3 Å². The zero-order valence-corrected chi connectivity index (χ0v) is 16.7. The topological polar surface area (TPSA) is 49.3 Å². The number of rotatable bonds is 3. The number of nitrogens with zero attached hydrogens (tertiary/aromatic N) is 4. The van der Waals surface area contributed by atoms with Gasteiger partial charge in [-0.3, -0.25) is 4.79 Å². The molecule has 1 fully saturated rings. The Labute approximate surface area is 173 Å². The van der Waals surface area contributed by atoms with E-state index >= 15 is 0 Å². The van der Waals surface area contributed by atoms with Crippen LogP contribution in [0.2, 0.25) is 0 Å². The average molecular weight is 401 g/mol. The second kappa shape index (κ2) is 7.64. The van der Waals surface area contributed by atoms with Crippen LogP contribution in [0.25, 0.3) is 21.3 Å². The van der Waals surface area contributed by atoms with Gasteiger partial charge in [0.25, 0.3) is 5.91 Å². The normalized spacial score (nSPS) is 14.3. The van der Waals surface area contributed by atoms with E-state index in [1.54, 1.807) is 11.3 Å². The molecule has 0 atom stereocenters. The number of carbonyl (C=O) groups is 1. The van der Waals surface area contributed by atoms with Crippen molar-refractivity contribution in [2.24, 2.45) is 0 Å². The third-order valence-corrected chi connectivity index (χ3v) is 6.20. The second-order valence-corrected chi connectivity index (χ2v) is 8.04. The summed E-state index contributed by atoms with van der Waals surface area (Å²) >= 11 is 1.66. The molecular weight excluding hydrogens is 380 g/mol. The minimum absolute atomic E-state index is 0.0922. The predicted molar refractivity (Wildman–Crippen MR) is 117 cm³/mol. The standard InChI is InChI=1S/C23H20N4OS/c28-23(19-8-7-17-4-1-2-5-18(17)16-19)27-13-11-26(12-14-27)22-10-9-20(24-25-22)21-6-3-15-29-21/h1-10,15-16H,11-14H2. The lowest BCUT2D eigenvalue weighted by Crippen LogP contribution is -2.49. The van der Waals surface area contributed by atoms with Gasteiger partial charge in [-0.1, -0.05) is 36.4 Å². The zero-order chi connectivity index (χ0) is 19.6. The third-order valence-electron chi connectivity index (χ3n) is 5.31. The smallest absolute Gasteiger partial charge is 0.253 e. The highest BCUT2D eigenvalue weighted by Crippen LogP contribution is 2.24. The Morgan fingerprint density at radius 3 is 2.38 bits per heavy atom. The molecule has 0 unspecified atom stereocenters. The molecule has 5 nitrogen and oxygen atoms in total. The van der Waals surface area contributed by atoms with E-state index in [2.05, 4.69) is 21.2 Å². The Morgan fingerprint density at radius 2 is 1.66 bits per heavy atom. The monoisotopic (exact) mass is 400 g/mol. The van der Waals surface area contributed by atoms with Crippen molar-refractivity contribution in [3.8, 4) is 10.6 Å². The average Bonchev–Trinajstić information content (AvgIpc) is 3.33. The van der Waals surface area contributed by atoms with Gasteiger partial charge in [-0.05, 0) is 46.5 Å². The molecule has 0 spiro atoms. The minimum Gasteiger partial charge on any atom is -0.352 e. The van der Waals surface area contributed by atoms with Gasteiger partial charge in [0, 0.05) is 31.7 Å². The van der Waals surface area contributed by atoms with E-state index in [1.807, 2.05) is 70.9 Å². The van der Waals surface area contributed by atoms with Crippen molar-refractivity contribution in [2.75, 3.05) is 31.1 Å². The van der Waals surface area contributed by atoms with Crippen LogP contribution < -0.4 is 4.90 Å². The molecule has 144 valence electrons. The second-order valence-electron chi connectivity index (χ2n) is 7.10. The van der Waals surface area contributed by atoms with Crippen molar-refractivity contribution >= 4 is 33.8 Å². The van der Waals surface area contributed by atoms with Crippen LogP contribution in [0.1, 0.15) is 10.4 Å². The number of aromatic nitrogens is 2. The lowest BCUT2D eigenvalue weighted by molar-refractivity contribution is 0.0746. The Kier molecular flexibility index (Phi) is 4.69. The molecule has 5 rings (SSSR count). The largest absolute Gasteiger partial charge is 0.352 e. The summed E-state index contributed by atoms with van der Waals surface area (Å²) < 4.78 is 0. The lowest BCUT2D eigenvalue weighted by atomic mass is 10.1. The Balaban J connectivity index is 1.25. The van der Waals surface area contributed by atoms with Crippen molar-refractivity contribution in [3.05, 3.63) is 77.7 Å². The molecule has 0 N–H and O–H groups in total. The van der Waals surface area contributed by atoms with E-state index in [1.165, 1.54) is 0 Å². The summed E-state index contributed by atoms with van der Waals surface area (Å²) in [5, 5.41) is 13.1. The molecule has 0 saturated carbocycles. The number of hydrogen-bond donors (Lipinski definition) is 0. The first kappa shape index (κ1) is 17.8. The quantitative estimate of drug-likeness (QED) is 0.514. The number of piperazine rings is 1. The van der Waals surface area contributed by atoms with Crippen molar-refractivity contribution in [1.29, 1.82) is 0 Å². The van der Waals surface area contributed by atoms with Gasteiger partial charge in [0.15, 0.2) is 5.82 Å². The highest BCUT2D eigenvalue weighted by atomic mass is 32.1. The van der Waals surface area contributed by atoms with E-state index in [-0.39, 0.29) is 5.91 Å². The number of carbonyl (C=O) groups excluding carboxylic acids is 1. The fraction of sp³-hybridized carbons (Fsp3) is 0.174. The number of benzene rings is 2. The van der Waals surface area contributed by atoms with Gasteiger partial charge in [-0.15, -0.1) is 21.5 Å². The maximum Gasteiger partial charge on any atom is 0.253 e. The number of hydrogen-bond acceptors (Lipinski definition) is 5. The van der Waals surface area contributed by atoms with Crippen molar-refractivity contribution < 1.29 is 4.79 Å². The summed E-state index contributed by atoms with van der Waals surface area (Å²) in [6.45, 7) is 2.87. The van der Waals surface area contributed by atoms with E-state index in [9.17, 15) is 4.79 Å². The molecule has 3 heterocycles. The maximum absolute atomic E-state index is 12.9. The van der Waals surface area contributed by atoms with Gasteiger partial charge >= 0.3 is 0 Å². The molecule has 0 bridgehead atoms. The van der Waals surface area contributed by atoms with Crippen LogP contribution in [0.5, 0.6) is 0 Å². The van der Waals surface area contributed by atoms with Gasteiger partial charge in [0.2, 0.25) is 0 Å². The van der Waals surface area contributed by atoms with E-state index < -0.39 is 0 Å². The molecule has 1 aliphatic heterocycles. The Hall–Kier alpha value is -3.25. The number of fused-ring (bicyclic) bond motifs is 1. The Morgan fingerprint density at radius 1 is 0.828 bits per heavy atom. The SMILES string of the molecule is O=C(c1ccc2ccccc2c1)N1CCN(c2ccc(-c3cccs3)nn2)CC1. The summed E-state index contributed by atoms with van der Waals surface area (Å²) in [5.41, 5.74) is 1.64. The molecule has 1 aliphatic rings. The summed E-state index contributed by atoms with van der Waals surface area (Å²) in [4.78, 5) is 18.2. The molecule has 29 heavy (non-hydrogen) atoms. The number of thiophene rings is 1. The molecule has 1 amide bonds. The summed E-state index contributed by atoms with van der Waals surface area (Å²) in [6, 6.07) is 22.1. The molecule has 4 aromatic rings. The first-order valence-electron chi connectivity index (χ1n) is 9.68. The van der Waals surface area contributed by atoms with Gasteiger partial charge in [-0.25, -0.2) is 0 Å². The molecule has 0 aliphatic carbocycles. The molecular formula is C23H20N4OS. The van der Waals surface area contributed by atoms with E-state index in [0.29, 0.717) is 13.1 Å². The van der Waals surface area contributed by atoms with Gasteiger partial charge in [0.1, 0.15) is 5.69 Å². The van der Waals surface area contributed by atoms with Crippen LogP contribution in [0.15, 0.2) is 72.1 Å². The highest BCUT2D eigenvalue weighted by Gasteiger charge is 2.23. The first-order chi connectivity index (χ1) is 14.3. The molecule has 6 heteroatoms. The predicted octanol–water partition coefficient (Wildman–Crippen LogP) is 4.32. The summed E-state index contributed by atoms with van der Waals surface area (Å²) in [5.74, 6) is 0.956. The molecule has 0 radical (unpaired) electrons. The van der Waals surface area contributed by atoms with Gasteiger partial charge < -0.3 is 9.80 Å². The third kappa shape index (κ3) is 3.59. The van der Waals surface area contributed by atoms with E-state index in [0.717, 1.165) is 45.8 Å². The van der Waals surface area contributed by atoms with Crippen LogP contribution in [0.4, 0.5) is 5.82 Å². The van der Waals surface area contributed by atoms with Crippen LogP contribution in [0.3, 0.4) is 0 Å². The molecule has 2 aromatic heterocycles. The van der Waals surface area contributed by atoms with Gasteiger partial charge in [0.05, 0.1) is 4.88 Å². The highest BCUT2D eigenvalue weighted by molar-refractivity contribution is 7.13. The lowest BCUT2D eigenvalue weighted by Gasteiger charge is -2.35.